The SMILES string of the molecule is CCCCCCCCCCCCCCCCCC[SiH2]C(OCC)OCC. The van der Waals surface area contributed by atoms with Gasteiger partial charge in [-0.2, -0.15) is 0 Å². The van der Waals surface area contributed by atoms with Crippen LogP contribution in [-0.4, -0.2) is 28.6 Å². The van der Waals surface area contributed by atoms with Crippen LogP contribution in [0.25, 0.3) is 0 Å². The quantitative estimate of drug-likeness (QED) is 0.111. The molecule has 3 heteroatoms. The summed E-state index contributed by atoms with van der Waals surface area (Å²) in [7, 11) is -0.206. The Morgan fingerprint density at radius 1 is 0.500 bits per heavy atom. The Morgan fingerprint density at radius 3 is 1.19 bits per heavy atom. The molecule has 0 rings (SSSR count). The highest BCUT2D eigenvalue weighted by Crippen LogP contribution is 2.14. The zero-order valence-corrected chi connectivity index (χ0v) is 20.0. The molecular formula is C23H50O2Si. The topological polar surface area (TPSA) is 18.5 Å². The van der Waals surface area contributed by atoms with Crippen molar-refractivity contribution >= 4 is 9.52 Å². The summed E-state index contributed by atoms with van der Waals surface area (Å²) in [4.78, 5) is 0. The van der Waals surface area contributed by atoms with E-state index in [-0.39, 0.29) is 15.4 Å². The molecule has 0 aliphatic carbocycles. The van der Waals surface area contributed by atoms with Crippen LogP contribution in [0.15, 0.2) is 0 Å². The largest absolute Gasteiger partial charge is 0.357 e. The predicted molar refractivity (Wildman–Crippen MR) is 120 cm³/mol. The van der Waals surface area contributed by atoms with Gasteiger partial charge in [-0.25, -0.2) is 0 Å². The van der Waals surface area contributed by atoms with Crippen molar-refractivity contribution in [2.24, 2.45) is 0 Å². The molecule has 0 aromatic rings. The molecule has 0 bridgehead atoms. The zero-order chi connectivity index (χ0) is 19.1. The van der Waals surface area contributed by atoms with Gasteiger partial charge in [-0.1, -0.05) is 116 Å². The Kier molecular flexibility index (Phi) is 23.3. The van der Waals surface area contributed by atoms with E-state index in [4.69, 9.17) is 9.47 Å². The molecule has 0 saturated heterocycles. The molecule has 2 nitrogen and oxygen atoms in total. The lowest BCUT2D eigenvalue weighted by molar-refractivity contribution is -0.0827. The van der Waals surface area contributed by atoms with E-state index >= 15 is 0 Å². The third kappa shape index (κ3) is 20.4. The maximum atomic E-state index is 5.65. The monoisotopic (exact) mass is 386 g/mol. The van der Waals surface area contributed by atoms with Crippen molar-refractivity contribution < 1.29 is 9.47 Å². The Morgan fingerprint density at radius 2 is 0.846 bits per heavy atom. The van der Waals surface area contributed by atoms with E-state index in [0.717, 1.165) is 13.2 Å². The highest BCUT2D eigenvalue weighted by Gasteiger charge is 2.07. The minimum Gasteiger partial charge on any atom is -0.357 e. The molecule has 0 spiro atoms. The minimum atomic E-state index is -0.206. The van der Waals surface area contributed by atoms with Gasteiger partial charge in [0.05, 0.1) is 9.52 Å². The number of hydrogen-bond donors (Lipinski definition) is 0. The van der Waals surface area contributed by atoms with Gasteiger partial charge in [0.15, 0.2) is 0 Å². The lowest BCUT2D eigenvalue weighted by atomic mass is 10.0. The number of ether oxygens (including phenoxy) is 2. The van der Waals surface area contributed by atoms with Crippen LogP contribution in [0, 0.1) is 0 Å². The first-order valence-corrected chi connectivity index (χ1v) is 13.9. The second-order valence-electron chi connectivity index (χ2n) is 7.79. The smallest absolute Gasteiger partial charge is 0.134 e. The molecule has 0 heterocycles. The van der Waals surface area contributed by atoms with Crippen molar-refractivity contribution in [2.45, 2.75) is 135 Å². The first-order valence-electron chi connectivity index (χ1n) is 12.1. The molecule has 0 radical (unpaired) electrons. The van der Waals surface area contributed by atoms with Gasteiger partial charge < -0.3 is 9.47 Å². The average molecular weight is 387 g/mol. The van der Waals surface area contributed by atoms with Gasteiger partial charge in [0.25, 0.3) is 0 Å². The van der Waals surface area contributed by atoms with Crippen LogP contribution in [0.2, 0.25) is 6.04 Å². The molecule has 0 saturated carbocycles. The van der Waals surface area contributed by atoms with Crippen molar-refractivity contribution in [3.8, 4) is 0 Å². The first kappa shape index (κ1) is 26.1. The van der Waals surface area contributed by atoms with Crippen LogP contribution in [0.1, 0.15) is 124 Å². The fourth-order valence-electron chi connectivity index (χ4n) is 3.62. The summed E-state index contributed by atoms with van der Waals surface area (Å²) in [5.41, 5.74) is 0. The van der Waals surface area contributed by atoms with Crippen molar-refractivity contribution in [3.05, 3.63) is 0 Å². The second-order valence-corrected chi connectivity index (χ2v) is 9.74. The van der Waals surface area contributed by atoms with Gasteiger partial charge in [-0.15, -0.1) is 0 Å². The summed E-state index contributed by atoms with van der Waals surface area (Å²) in [5.74, 6) is 0.168. The number of rotatable bonds is 22. The van der Waals surface area contributed by atoms with Gasteiger partial charge in [-0.05, 0) is 13.8 Å². The summed E-state index contributed by atoms with van der Waals surface area (Å²) in [6.07, 6.45) is 23.1. The zero-order valence-electron chi connectivity index (χ0n) is 18.5. The van der Waals surface area contributed by atoms with Crippen molar-refractivity contribution in [1.29, 1.82) is 0 Å². The third-order valence-corrected chi connectivity index (χ3v) is 7.10. The van der Waals surface area contributed by atoms with Crippen LogP contribution in [0.5, 0.6) is 0 Å². The summed E-state index contributed by atoms with van der Waals surface area (Å²) in [6, 6.07) is 1.38. The van der Waals surface area contributed by atoms with E-state index < -0.39 is 0 Å². The standard InChI is InChI=1S/C23H50O2Si/c1-4-7-8-9-10-11-12-13-14-15-16-17-18-19-20-21-22-26-23(24-5-2)25-6-3/h23H,4-22,26H2,1-3H3. The van der Waals surface area contributed by atoms with E-state index in [2.05, 4.69) is 20.8 Å². The second kappa shape index (κ2) is 23.2. The van der Waals surface area contributed by atoms with Gasteiger partial charge in [0.2, 0.25) is 0 Å². The molecule has 0 aromatic carbocycles. The minimum absolute atomic E-state index is 0.168. The van der Waals surface area contributed by atoms with Crippen molar-refractivity contribution in [3.63, 3.8) is 0 Å². The van der Waals surface area contributed by atoms with Crippen LogP contribution in [0.4, 0.5) is 0 Å². The van der Waals surface area contributed by atoms with Crippen LogP contribution >= 0.6 is 0 Å². The van der Waals surface area contributed by atoms with E-state index in [9.17, 15) is 0 Å². The highest BCUT2D eigenvalue weighted by atomic mass is 28.2. The third-order valence-electron chi connectivity index (χ3n) is 5.25. The molecule has 0 amide bonds. The molecule has 0 aliphatic heterocycles. The van der Waals surface area contributed by atoms with E-state index in [1.54, 1.807) is 0 Å². The van der Waals surface area contributed by atoms with Crippen molar-refractivity contribution in [2.75, 3.05) is 13.2 Å². The van der Waals surface area contributed by atoms with Gasteiger partial charge >= 0.3 is 0 Å². The number of unbranched alkanes of at least 4 members (excludes halogenated alkanes) is 15. The Hall–Kier alpha value is 0.137. The highest BCUT2D eigenvalue weighted by molar-refractivity contribution is 6.36. The Balaban J connectivity index is 3.13. The average Bonchev–Trinajstić information content (AvgIpc) is 2.64. The van der Waals surface area contributed by atoms with Gasteiger partial charge in [0.1, 0.15) is 5.91 Å². The molecule has 0 aromatic heterocycles. The summed E-state index contributed by atoms with van der Waals surface area (Å²) in [6.45, 7) is 8.00. The normalized spacial score (nSPS) is 12.0. The molecule has 0 fully saturated rings. The van der Waals surface area contributed by atoms with E-state index in [1.165, 1.54) is 109 Å². The molecule has 0 unspecified atom stereocenters. The fraction of sp³-hybridized carbons (Fsp3) is 1.00. The van der Waals surface area contributed by atoms with Gasteiger partial charge in [-0.3, -0.25) is 0 Å². The first-order chi connectivity index (χ1) is 12.8. The summed E-state index contributed by atoms with van der Waals surface area (Å²) >= 11 is 0. The predicted octanol–water partition coefficient (Wildman–Crippen LogP) is 7.19. The van der Waals surface area contributed by atoms with Crippen molar-refractivity contribution in [1.82, 2.24) is 0 Å². The summed E-state index contributed by atoms with van der Waals surface area (Å²) in [5, 5.41) is 0. The fourth-order valence-corrected chi connectivity index (χ4v) is 5.40. The maximum Gasteiger partial charge on any atom is 0.134 e. The lowest BCUT2D eigenvalue weighted by Crippen LogP contribution is -2.24. The molecular weight excluding hydrogens is 336 g/mol. The van der Waals surface area contributed by atoms with E-state index in [1.807, 2.05) is 0 Å². The molecule has 26 heavy (non-hydrogen) atoms. The van der Waals surface area contributed by atoms with Crippen LogP contribution in [0.3, 0.4) is 0 Å². The van der Waals surface area contributed by atoms with Crippen LogP contribution in [-0.2, 0) is 9.47 Å². The maximum absolute atomic E-state index is 5.65. The summed E-state index contributed by atoms with van der Waals surface area (Å²) < 4.78 is 11.3. The van der Waals surface area contributed by atoms with Gasteiger partial charge in [0, 0.05) is 13.2 Å². The van der Waals surface area contributed by atoms with Crippen LogP contribution < -0.4 is 0 Å². The molecule has 0 aliphatic rings. The lowest BCUT2D eigenvalue weighted by Gasteiger charge is -2.16. The molecule has 158 valence electrons. The molecule has 0 atom stereocenters. The Bertz CT molecular complexity index is 242. The molecule has 0 N–H and O–H groups in total. The van der Waals surface area contributed by atoms with E-state index in [0.29, 0.717) is 0 Å². The number of hydrogen-bond acceptors (Lipinski definition) is 2. The Labute approximate surface area is 168 Å².